The number of carbonyl (C=O) groups excluding carboxylic acids is 3. The van der Waals surface area contributed by atoms with Gasteiger partial charge in [-0.3, -0.25) is 24.2 Å². The number of imide groups is 1. The average molecular weight is 481 g/mol. The standard InChI is InChI=1S/C26H36N6O3/c1-4-18(19-8-6-5-7-9-19)16-22(33)32-23(25(35)31(3)26-29-12-13-30(26)2)20(24(32)34)14-17-10-11-28-21(27)15-17/h10-13,15,18-20,23H,4-9,14,16H2,1-3H3,(H2,27,28)/t18-,20+,23-/m0/s1. The van der Waals surface area contributed by atoms with Crippen LogP contribution in [0.15, 0.2) is 30.7 Å². The average Bonchev–Trinajstić information content (AvgIpc) is 3.29. The molecule has 4 rings (SSSR count). The summed E-state index contributed by atoms with van der Waals surface area (Å²) >= 11 is 0. The predicted octanol–water partition coefficient (Wildman–Crippen LogP) is 2.95. The first-order chi connectivity index (χ1) is 16.8. The van der Waals surface area contributed by atoms with Crippen molar-refractivity contribution in [1.29, 1.82) is 0 Å². The number of carbonyl (C=O) groups is 3. The molecule has 0 radical (unpaired) electrons. The molecule has 0 spiro atoms. The Morgan fingerprint density at radius 3 is 2.57 bits per heavy atom. The first-order valence-corrected chi connectivity index (χ1v) is 12.6. The van der Waals surface area contributed by atoms with Crippen LogP contribution in [0, 0.1) is 17.8 Å². The van der Waals surface area contributed by atoms with Crippen LogP contribution in [-0.2, 0) is 27.9 Å². The fourth-order valence-electron chi connectivity index (χ4n) is 5.73. The number of likely N-dealkylation sites (N-methyl/N-ethyl adjacent to an activating group) is 1. The maximum Gasteiger partial charge on any atom is 0.253 e. The van der Waals surface area contributed by atoms with Gasteiger partial charge in [-0.15, -0.1) is 0 Å². The molecule has 3 heterocycles. The summed E-state index contributed by atoms with van der Waals surface area (Å²) in [5.74, 6) is 0.0678. The van der Waals surface area contributed by atoms with Crippen molar-refractivity contribution >= 4 is 29.5 Å². The van der Waals surface area contributed by atoms with Gasteiger partial charge in [0.15, 0.2) is 0 Å². The highest BCUT2D eigenvalue weighted by Gasteiger charge is 2.55. The summed E-state index contributed by atoms with van der Waals surface area (Å²) in [6.07, 6.45) is 12.4. The highest BCUT2D eigenvalue weighted by Crippen LogP contribution is 2.37. The van der Waals surface area contributed by atoms with Gasteiger partial charge in [-0.2, -0.15) is 0 Å². The van der Waals surface area contributed by atoms with Crippen LogP contribution in [0.25, 0.3) is 0 Å². The molecule has 0 unspecified atom stereocenters. The van der Waals surface area contributed by atoms with E-state index < -0.39 is 12.0 Å². The van der Waals surface area contributed by atoms with Crippen LogP contribution in [0.4, 0.5) is 11.8 Å². The second-order valence-electron chi connectivity index (χ2n) is 9.95. The van der Waals surface area contributed by atoms with E-state index in [1.54, 1.807) is 49.4 Å². The second-order valence-corrected chi connectivity index (χ2v) is 9.95. The minimum atomic E-state index is -0.866. The summed E-state index contributed by atoms with van der Waals surface area (Å²) < 4.78 is 1.74. The maximum absolute atomic E-state index is 13.7. The number of hydrogen-bond acceptors (Lipinski definition) is 6. The molecule has 2 aromatic heterocycles. The second kappa shape index (κ2) is 10.6. The fraction of sp³-hybridized carbons (Fsp3) is 0.577. The SMILES string of the molecule is CC[C@@H](CC(=O)N1C(=O)[C@H](Cc2ccnc(N)c2)[C@H]1C(=O)N(C)c1nccn1C)C1CCCCC1. The third kappa shape index (κ3) is 5.09. The molecule has 2 fully saturated rings. The topological polar surface area (TPSA) is 114 Å². The van der Waals surface area contributed by atoms with Crippen LogP contribution in [0.5, 0.6) is 0 Å². The molecular weight excluding hydrogens is 444 g/mol. The summed E-state index contributed by atoms with van der Waals surface area (Å²) in [4.78, 5) is 51.3. The fourth-order valence-corrected chi connectivity index (χ4v) is 5.73. The Labute approximate surface area is 206 Å². The van der Waals surface area contributed by atoms with Crippen LogP contribution in [0.2, 0.25) is 0 Å². The molecular formula is C26H36N6O3. The van der Waals surface area contributed by atoms with E-state index in [2.05, 4.69) is 16.9 Å². The number of nitrogens with two attached hydrogens (primary N) is 1. The molecule has 2 aromatic rings. The zero-order valence-corrected chi connectivity index (χ0v) is 20.9. The predicted molar refractivity (Wildman–Crippen MR) is 133 cm³/mol. The highest BCUT2D eigenvalue weighted by atomic mass is 16.2. The lowest BCUT2D eigenvalue weighted by Crippen LogP contribution is -2.69. The van der Waals surface area contributed by atoms with E-state index in [-0.39, 0.29) is 23.6 Å². The number of anilines is 2. The van der Waals surface area contributed by atoms with Crippen molar-refractivity contribution in [2.75, 3.05) is 17.7 Å². The number of aryl methyl sites for hydroxylation is 1. The Morgan fingerprint density at radius 1 is 1.20 bits per heavy atom. The Kier molecular flexibility index (Phi) is 7.52. The van der Waals surface area contributed by atoms with Crippen molar-refractivity contribution in [3.05, 3.63) is 36.3 Å². The summed E-state index contributed by atoms with van der Waals surface area (Å²) in [5, 5.41) is 0. The minimum absolute atomic E-state index is 0.234. The molecule has 3 amide bonds. The quantitative estimate of drug-likeness (QED) is 0.581. The highest BCUT2D eigenvalue weighted by molar-refractivity contribution is 6.12. The first-order valence-electron chi connectivity index (χ1n) is 12.6. The lowest BCUT2D eigenvalue weighted by atomic mass is 9.76. The van der Waals surface area contributed by atoms with E-state index in [1.807, 2.05) is 0 Å². The molecule has 2 N–H and O–H groups in total. The van der Waals surface area contributed by atoms with Crippen LogP contribution in [-0.4, -0.2) is 50.2 Å². The molecule has 2 aliphatic rings. The molecule has 9 heteroatoms. The lowest BCUT2D eigenvalue weighted by molar-refractivity contribution is -0.171. The minimum Gasteiger partial charge on any atom is -0.384 e. The van der Waals surface area contributed by atoms with Crippen LogP contribution in [0.1, 0.15) is 57.4 Å². The molecule has 1 aliphatic carbocycles. The van der Waals surface area contributed by atoms with E-state index in [0.29, 0.717) is 30.5 Å². The zero-order chi connectivity index (χ0) is 25.1. The normalized spacial score (nSPS) is 21.5. The largest absolute Gasteiger partial charge is 0.384 e. The molecule has 35 heavy (non-hydrogen) atoms. The Balaban J connectivity index is 1.56. The number of likely N-dealkylation sites (tertiary alicyclic amines) is 1. The van der Waals surface area contributed by atoms with Crippen molar-refractivity contribution in [2.24, 2.45) is 24.8 Å². The van der Waals surface area contributed by atoms with Gasteiger partial charge in [0.25, 0.3) is 5.91 Å². The molecule has 1 saturated carbocycles. The van der Waals surface area contributed by atoms with Crippen LogP contribution >= 0.6 is 0 Å². The number of rotatable bonds is 8. The third-order valence-corrected chi connectivity index (χ3v) is 7.74. The van der Waals surface area contributed by atoms with Crippen molar-refractivity contribution in [3.63, 3.8) is 0 Å². The Morgan fingerprint density at radius 2 is 1.94 bits per heavy atom. The van der Waals surface area contributed by atoms with Crippen LogP contribution < -0.4 is 10.6 Å². The number of amides is 3. The Bertz CT molecular complexity index is 1080. The number of hydrogen-bond donors (Lipinski definition) is 1. The molecule has 188 valence electrons. The van der Waals surface area contributed by atoms with E-state index in [1.165, 1.54) is 29.1 Å². The summed E-state index contributed by atoms with van der Waals surface area (Å²) in [7, 11) is 3.43. The van der Waals surface area contributed by atoms with Gasteiger partial charge >= 0.3 is 0 Å². The molecule has 0 aromatic carbocycles. The van der Waals surface area contributed by atoms with Crippen LogP contribution in [0.3, 0.4) is 0 Å². The van der Waals surface area contributed by atoms with Gasteiger partial charge in [0.1, 0.15) is 11.9 Å². The molecule has 1 saturated heterocycles. The van der Waals surface area contributed by atoms with Gasteiger partial charge in [0.2, 0.25) is 17.8 Å². The molecule has 3 atom stereocenters. The Hall–Kier alpha value is -3.23. The number of β-lactam (4-membered cyclic amide) rings is 1. The molecule has 9 nitrogen and oxygen atoms in total. The molecule has 0 bridgehead atoms. The van der Waals surface area contributed by atoms with Crippen molar-refractivity contribution in [3.8, 4) is 0 Å². The monoisotopic (exact) mass is 480 g/mol. The summed E-state index contributed by atoms with van der Waals surface area (Å²) in [6, 6.07) is 2.63. The number of nitrogen functional groups attached to an aromatic ring is 1. The maximum atomic E-state index is 13.7. The molecule has 1 aliphatic heterocycles. The van der Waals surface area contributed by atoms with Gasteiger partial charge in [0, 0.05) is 39.1 Å². The van der Waals surface area contributed by atoms with Gasteiger partial charge in [-0.1, -0.05) is 45.4 Å². The van der Waals surface area contributed by atoms with Gasteiger partial charge in [-0.05, 0) is 36.0 Å². The number of pyridine rings is 1. The van der Waals surface area contributed by atoms with Crippen molar-refractivity contribution in [2.45, 2.75) is 64.3 Å². The number of nitrogens with zero attached hydrogens (tertiary/aromatic N) is 5. The lowest BCUT2D eigenvalue weighted by Gasteiger charge is -2.46. The van der Waals surface area contributed by atoms with Crippen molar-refractivity contribution < 1.29 is 14.4 Å². The van der Waals surface area contributed by atoms with E-state index in [9.17, 15) is 14.4 Å². The van der Waals surface area contributed by atoms with Gasteiger partial charge in [0.05, 0.1) is 5.92 Å². The van der Waals surface area contributed by atoms with Gasteiger partial charge in [-0.25, -0.2) is 9.97 Å². The third-order valence-electron chi connectivity index (χ3n) is 7.74. The van der Waals surface area contributed by atoms with E-state index >= 15 is 0 Å². The summed E-state index contributed by atoms with van der Waals surface area (Å²) in [5.41, 5.74) is 6.64. The van der Waals surface area contributed by atoms with Crippen molar-refractivity contribution in [1.82, 2.24) is 19.4 Å². The first kappa shape index (κ1) is 24.9. The smallest absolute Gasteiger partial charge is 0.253 e. The van der Waals surface area contributed by atoms with Gasteiger partial charge < -0.3 is 10.3 Å². The summed E-state index contributed by atoms with van der Waals surface area (Å²) in [6.45, 7) is 2.11. The van der Waals surface area contributed by atoms with E-state index in [4.69, 9.17) is 5.73 Å². The number of imidazole rings is 1. The number of aromatic nitrogens is 3. The zero-order valence-electron chi connectivity index (χ0n) is 20.9. The van der Waals surface area contributed by atoms with E-state index in [0.717, 1.165) is 24.8 Å².